The van der Waals surface area contributed by atoms with Crippen LogP contribution in [0.3, 0.4) is 0 Å². The van der Waals surface area contributed by atoms with Crippen LogP contribution in [0.2, 0.25) is 0 Å². The van der Waals surface area contributed by atoms with Crippen LogP contribution in [0, 0.1) is 6.92 Å². The maximum atomic E-state index is 9.87. The lowest BCUT2D eigenvalue weighted by molar-refractivity contribution is 0.0679. The first-order valence-corrected chi connectivity index (χ1v) is 5.56. The molecule has 0 aromatic heterocycles. The van der Waals surface area contributed by atoms with Gasteiger partial charge in [0.25, 0.3) is 0 Å². The summed E-state index contributed by atoms with van der Waals surface area (Å²) in [6.07, 6.45) is 0.888. The number of aryl methyl sites for hydroxylation is 1. The SMILES string of the molecule is Cc1ccccc1CN1CCC(C)(O)C1. The molecular weight excluding hydrogens is 186 g/mol. The zero-order valence-corrected chi connectivity index (χ0v) is 9.53. The van der Waals surface area contributed by atoms with E-state index in [1.54, 1.807) is 0 Å². The van der Waals surface area contributed by atoms with Gasteiger partial charge in [0.05, 0.1) is 5.60 Å². The topological polar surface area (TPSA) is 23.5 Å². The Labute approximate surface area is 91.5 Å². The number of nitrogens with zero attached hydrogens (tertiary/aromatic N) is 1. The summed E-state index contributed by atoms with van der Waals surface area (Å²) in [4.78, 5) is 2.32. The molecule has 1 aliphatic heterocycles. The third kappa shape index (κ3) is 2.58. The van der Waals surface area contributed by atoms with E-state index in [-0.39, 0.29) is 0 Å². The van der Waals surface area contributed by atoms with Crippen LogP contribution in [0.4, 0.5) is 0 Å². The van der Waals surface area contributed by atoms with E-state index in [1.165, 1.54) is 11.1 Å². The Morgan fingerprint density at radius 1 is 1.40 bits per heavy atom. The van der Waals surface area contributed by atoms with Gasteiger partial charge >= 0.3 is 0 Å². The lowest BCUT2D eigenvalue weighted by Gasteiger charge is -2.19. The highest BCUT2D eigenvalue weighted by Crippen LogP contribution is 2.22. The van der Waals surface area contributed by atoms with Gasteiger partial charge in [-0.3, -0.25) is 4.90 Å². The molecule has 1 aromatic rings. The minimum absolute atomic E-state index is 0.483. The van der Waals surface area contributed by atoms with Gasteiger partial charge in [-0.2, -0.15) is 0 Å². The summed E-state index contributed by atoms with van der Waals surface area (Å²) in [5, 5.41) is 9.87. The summed E-state index contributed by atoms with van der Waals surface area (Å²) in [5.74, 6) is 0. The van der Waals surface area contributed by atoms with Crippen molar-refractivity contribution in [2.24, 2.45) is 0 Å². The van der Waals surface area contributed by atoms with E-state index in [1.807, 2.05) is 6.92 Å². The minimum atomic E-state index is -0.483. The van der Waals surface area contributed by atoms with Crippen molar-refractivity contribution in [2.75, 3.05) is 13.1 Å². The van der Waals surface area contributed by atoms with Crippen LogP contribution in [0.5, 0.6) is 0 Å². The molecule has 2 heteroatoms. The maximum absolute atomic E-state index is 9.87. The molecule has 1 unspecified atom stereocenters. The molecule has 82 valence electrons. The predicted molar refractivity (Wildman–Crippen MR) is 61.7 cm³/mol. The standard InChI is InChI=1S/C13H19NO/c1-11-5-3-4-6-12(11)9-14-8-7-13(2,15)10-14/h3-6,15H,7-10H2,1-2H3. The lowest BCUT2D eigenvalue weighted by atomic mass is 10.1. The normalized spacial score (nSPS) is 27.1. The van der Waals surface area contributed by atoms with E-state index < -0.39 is 5.60 Å². The van der Waals surface area contributed by atoms with Gasteiger partial charge in [0.2, 0.25) is 0 Å². The molecule has 0 radical (unpaired) electrons. The monoisotopic (exact) mass is 205 g/mol. The van der Waals surface area contributed by atoms with Crippen LogP contribution in [0.15, 0.2) is 24.3 Å². The van der Waals surface area contributed by atoms with E-state index in [0.717, 1.165) is 26.1 Å². The number of hydrogen-bond donors (Lipinski definition) is 1. The Bertz CT molecular complexity index is 346. The molecule has 0 bridgehead atoms. The van der Waals surface area contributed by atoms with Gasteiger partial charge in [0, 0.05) is 19.6 Å². The summed E-state index contributed by atoms with van der Waals surface area (Å²) in [7, 11) is 0. The van der Waals surface area contributed by atoms with Gasteiger partial charge in [-0.25, -0.2) is 0 Å². The van der Waals surface area contributed by atoms with Crippen molar-refractivity contribution in [2.45, 2.75) is 32.4 Å². The molecule has 1 fully saturated rings. The number of hydrogen-bond acceptors (Lipinski definition) is 2. The second-order valence-corrected chi connectivity index (χ2v) is 4.88. The van der Waals surface area contributed by atoms with Crippen LogP contribution < -0.4 is 0 Å². The van der Waals surface area contributed by atoms with Crippen LogP contribution in [-0.4, -0.2) is 28.7 Å². The molecule has 0 aliphatic carbocycles. The molecule has 2 rings (SSSR count). The highest BCUT2D eigenvalue weighted by molar-refractivity contribution is 5.25. The average Bonchev–Trinajstić information content (AvgIpc) is 2.50. The number of benzene rings is 1. The zero-order chi connectivity index (χ0) is 10.9. The zero-order valence-electron chi connectivity index (χ0n) is 9.53. The molecule has 1 aliphatic rings. The number of likely N-dealkylation sites (tertiary alicyclic amines) is 1. The molecule has 0 saturated carbocycles. The first kappa shape index (κ1) is 10.7. The Hall–Kier alpha value is -0.860. The molecular formula is C13H19NO. The van der Waals surface area contributed by atoms with E-state index in [4.69, 9.17) is 0 Å². The second kappa shape index (κ2) is 3.95. The molecule has 1 saturated heterocycles. The van der Waals surface area contributed by atoms with Crippen molar-refractivity contribution >= 4 is 0 Å². The Balaban J connectivity index is 2.02. The Morgan fingerprint density at radius 2 is 2.13 bits per heavy atom. The van der Waals surface area contributed by atoms with Gasteiger partial charge in [-0.1, -0.05) is 24.3 Å². The third-order valence-corrected chi connectivity index (χ3v) is 3.19. The predicted octanol–water partition coefficient (Wildman–Crippen LogP) is 1.95. The smallest absolute Gasteiger partial charge is 0.0758 e. The fraction of sp³-hybridized carbons (Fsp3) is 0.538. The Kier molecular flexibility index (Phi) is 2.81. The number of β-amino-alcohol motifs (C(OH)–C–C–N with tert-alkyl or cyclic N) is 1. The summed E-state index contributed by atoms with van der Waals surface area (Å²) in [6.45, 7) is 6.82. The van der Waals surface area contributed by atoms with E-state index in [2.05, 4.69) is 36.1 Å². The molecule has 1 N–H and O–H groups in total. The second-order valence-electron chi connectivity index (χ2n) is 4.88. The fourth-order valence-corrected chi connectivity index (χ4v) is 2.20. The Morgan fingerprint density at radius 3 is 2.73 bits per heavy atom. The van der Waals surface area contributed by atoms with Crippen molar-refractivity contribution in [1.29, 1.82) is 0 Å². The third-order valence-electron chi connectivity index (χ3n) is 3.19. The van der Waals surface area contributed by atoms with E-state index >= 15 is 0 Å². The van der Waals surface area contributed by atoms with Gasteiger partial charge in [0.15, 0.2) is 0 Å². The fourth-order valence-electron chi connectivity index (χ4n) is 2.20. The summed E-state index contributed by atoms with van der Waals surface area (Å²) < 4.78 is 0. The lowest BCUT2D eigenvalue weighted by Crippen LogP contribution is -2.29. The summed E-state index contributed by atoms with van der Waals surface area (Å²) >= 11 is 0. The highest BCUT2D eigenvalue weighted by atomic mass is 16.3. The van der Waals surface area contributed by atoms with Crippen molar-refractivity contribution < 1.29 is 5.11 Å². The van der Waals surface area contributed by atoms with Gasteiger partial charge in [0.1, 0.15) is 0 Å². The van der Waals surface area contributed by atoms with Gasteiger partial charge in [-0.05, 0) is 31.4 Å². The molecule has 15 heavy (non-hydrogen) atoms. The molecule has 2 nitrogen and oxygen atoms in total. The first-order valence-electron chi connectivity index (χ1n) is 5.56. The van der Waals surface area contributed by atoms with Gasteiger partial charge in [-0.15, -0.1) is 0 Å². The first-order chi connectivity index (χ1) is 7.07. The molecule has 0 spiro atoms. The largest absolute Gasteiger partial charge is 0.389 e. The van der Waals surface area contributed by atoms with Crippen LogP contribution in [-0.2, 0) is 6.54 Å². The highest BCUT2D eigenvalue weighted by Gasteiger charge is 2.30. The average molecular weight is 205 g/mol. The number of rotatable bonds is 2. The summed E-state index contributed by atoms with van der Waals surface area (Å²) in [6, 6.07) is 8.46. The van der Waals surface area contributed by atoms with Crippen LogP contribution in [0.1, 0.15) is 24.5 Å². The van der Waals surface area contributed by atoms with Crippen molar-refractivity contribution in [1.82, 2.24) is 4.90 Å². The number of aliphatic hydroxyl groups is 1. The van der Waals surface area contributed by atoms with Crippen molar-refractivity contribution in [3.05, 3.63) is 35.4 Å². The quantitative estimate of drug-likeness (QED) is 0.797. The van der Waals surface area contributed by atoms with Gasteiger partial charge < -0.3 is 5.11 Å². The van der Waals surface area contributed by atoms with Crippen molar-refractivity contribution in [3.63, 3.8) is 0 Å². The molecule has 0 amide bonds. The molecule has 1 heterocycles. The minimum Gasteiger partial charge on any atom is -0.389 e. The maximum Gasteiger partial charge on any atom is 0.0758 e. The molecule has 1 atom stereocenters. The van der Waals surface area contributed by atoms with Crippen molar-refractivity contribution in [3.8, 4) is 0 Å². The van der Waals surface area contributed by atoms with E-state index in [0.29, 0.717) is 0 Å². The molecule has 1 aromatic carbocycles. The van der Waals surface area contributed by atoms with E-state index in [9.17, 15) is 5.11 Å². The van der Waals surface area contributed by atoms with Crippen LogP contribution in [0.25, 0.3) is 0 Å². The van der Waals surface area contributed by atoms with Crippen LogP contribution >= 0.6 is 0 Å². The summed E-state index contributed by atoms with van der Waals surface area (Å²) in [5.41, 5.74) is 2.22.